The zero-order valence-electron chi connectivity index (χ0n) is 14.9. The molecule has 1 spiro atoms. The molecule has 4 aliphatic carbocycles. The minimum atomic E-state index is -0.361. The Hall–Kier alpha value is -0.930. The summed E-state index contributed by atoms with van der Waals surface area (Å²) in [6.45, 7) is 6.73. The van der Waals surface area contributed by atoms with Crippen molar-refractivity contribution in [3.8, 4) is 0 Å². The van der Waals surface area contributed by atoms with Crippen LogP contribution in [0.4, 0.5) is 0 Å². The number of hydrogen-bond acceptors (Lipinski definition) is 3. The third kappa shape index (κ3) is 1.47. The summed E-state index contributed by atoms with van der Waals surface area (Å²) < 4.78 is 6.17. The first-order chi connectivity index (χ1) is 11.4. The van der Waals surface area contributed by atoms with Crippen molar-refractivity contribution in [2.75, 3.05) is 0 Å². The third-order valence-electron chi connectivity index (χ3n) is 8.71. The molecule has 2 unspecified atom stereocenters. The largest absolute Gasteiger partial charge is 0.393 e. The summed E-state index contributed by atoms with van der Waals surface area (Å²) in [5, 5.41) is 10.6. The number of hydrogen-bond donors (Lipinski definition) is 1. The van der Waals surface area contributed by atoms with E-state index >= 15 is 0 Å². The van der Waals surface area contributed by atoms with E-state index in [2.05, 4.69) is 32.9 Å². The standard InChI is InChI=1S/C21H28O3/c1-4-12-11-13-14-5-6-17(23)19(14,2)9-7-15(13)20(3)10-8-16(22)18-21(12,20)24-18/h4,8,10,13-15,17-18,23H,5-7,9,11H2,1-3H3/t13-,14-,15-,17-,18?,19-,20+,21?/m0/s1. The van der Waals surface area contributed by atoms with Crippen molar-refractivity contribution in [3.05, 3.63) is 23.8 Å². The predicted octanol–water partition coefficient (Wildman–Crippen LogP) is 3.42. The van der Waals surface area contributed by atoms with Crippen LogP contribution in [0.1, 0.15) is 52.9 Å². The molecule has 0 bridgehead atoms. The molecule has 5 aliphatic rings. The fourth-order valence-electron chi connectivity index (χ4n) is 7.30. The van der Waals surface area contributed by atoms with Crippen molar-refractivity contribution < 1.29 is 14.6 Å². The van der Waals surface area contributed by atoms with E-state index in [0.29, 0.717) is 17.8 Å². The minimum absolute atomic E-state index is 0.0782. The maximum atomic E-state index is 12.3. The van der Waals surface area contributed by atoms with Crippen LogP contribution < -0.4 is 0 Å². The topological polar surface area (TPSA) is 49.8 Å². The Morgan fingerprint density at radius 2 is 2.04 bits per heavy atom. The van der Waals surface area contributed by atoms with Gasteiger partial charge in [0.15, 0.2) is 11.9 Å². The number of carbonyl (C=O) groups excluding carboxylic acids is 1. The maximum absolute atomic E-state index is 12.3. The summed E-state index contributed by atoms with van der Waals surface area (Å²) in [6, 6.07) is 0. The Kier molecular flexibility index (Phi) is 2.83. The molecule has 1 N–H and O–H groups in total. The number of fused-ring (bicyclic) bond motifs is 4. The van der Waals surface area contributed by atoms with Gasteiger partial charge in [0.2, 0.25) is 0 Å². The number of rotatable bonds is 0. The molecule has 1 heterocycles. The number of epoxide rings is 1. The molecule has 1 saturated heterocycles. The van der Waals surface area contributed by atoms with Crippen molar-refractivity contribution in [2.24, 2.45) is 28.6 Å². The molecule has 1 aliphatic heterocycles. The van der Waals surface area contributed by atoms with Crippen molar-refractivity contribution in [1.29, 1.82) is 0 Å². The second kappa shape index (κ2) is 4.42. The van der Waals surface area contributed by atoms with Gasteiger partial charge < -0.3 is 9.84 Å². The lowest BCUT2D eigenvalue weighted by molar-refractivity contribution is -0.116. The summed E-state index contributed by atoms with van der Waals surface area (Å²) in [4.78, 5) is 12.3. The molecule has 0 aromatic heterocycles. The number of carbonyl (C=O) groups is 1. The molecular weight excluding hydrogens is 300 g/mol. The van der Waals surface area contributed by atoms with Gasteiger partial charge in [-0.1, -0.05) is 26.0 Å². The lowest BCUT2D eigenvalue weighted by Crippen LogP contribution is -2.58. The van der Waals surface area contributed by atoms with Crippen LogP contribution in [0.3, 0.4) is 0 Å². The minimum Gasteiger partial charge on any atom is -0.393 e. The first kappa shape index (κ1) is 15.3. The monoisotopic (exact) mass is 328 g/mol. The van der Waals surface area contributed by atoms with E-state index in [1.807, 2.05) is 0 Å². The molecule has 0 aromatic carbocycles. The highest BCUT2D eigenvalue weighted by Crippen LogP contribution is 2.72. The summed E-state index contributed by atoms with van der Waals surface area (Å²) >= 11 is 0. The van der Waals surface area contributed by atoms with Crippen LogP contribution in [0.25, 0.3) is 0 Å². The van der Waals surface area contributed by atoms with E-state index in [1.54, 1.807) is 6.08 Å². The summed E-state index contributed by atoms with van der Waals surface area (Å²) in [6.07, 6.45) is 11.1. The Morgan fingerprint density at radius 3 is 2.79 bits per heavy atom. The Labute approximate surface area is 144 Å². The second-order valence-electron chi connectivity index (χ2n) is 9.28. The van der Waals surface area contributed by atoms with E-state index in [9.17, 15) is 9.90 Å². The molecule has 24 heavy (non-hydrogen) atoms. The van der Waals surface area contributed by atoms with Crippen LogP contribution in [-0.2, 0) is 9.53 Å². The van der Waals surface area contributed by atoms with Crippen molar-refractivity contribution in [3.63, 3.8) is 0 Å². The third-order valence-corrected chi connectivity index (χ3v) is 8.71. The van der Waals surface area contributed by atoms with Crippen LogP contribution in [0, 0.1) is 28.6 Å². The molecule has 0 radical (unpaired) electrons. The molecular formula is C21H28O3. The maximum Gasteiger partial charge on any atom is 0.187 e. The molecule has 8 atom stereocenters. The number of aliphatic hydroxyl groups excluding tert-OH is 1. The molecule has 3 saturated carbocycles. The van der Waals surface area contributed by atoms with Gasteiger partial charge in [0.05, 0.1) is 6.10 Å². The Bertz CT molecular complexity index is 679. The SMILES string of the molecule is CC=C1C[C@H]2[C@@H]3CC[C@H](O)[C@@]3(C)CC[C@@H]2[C@@]2(C)C=CC(=O)C3OC132. The van der Waals surface area contributed by atoms with Gasteiger partial charge in [0.1, 0.15) is 5.60 Å². The summed E-state index contributed by atoms with van der Waals surface area (Å²) in [5.74, 6) is 1.89. The number of aliphatic hydroxyl groups is 1. The van der Waals surface area contributed by atoms with E-state index in [4.69, 9.17) is 4.74 Å². The highest BCUT2D eigenvalue weighted by atomic mass is 16.6. The molecule has 4 fully saturated rings. The zero-order valence-corrected chi connectivity index (χ0v) is 14.9. The van der Waals surface area contributed by atoms with Crippen molar-refractivity contribution in [1.82, 2.24) is 0 Å². The molecule has 130 valence electrons. The van der Waals surface area contributed by atoms with Crippen LogP contribution in [0.2, 0.25) is 0 Å². The number of allylic oxidation sites excluding steroid dienone is 1. The summed E-state index contributed by atoms with van der Waals surface area (Å²) in [7, 11) is 0. The molecule has 5 rings (SSSR count). The average Bonchev–Trinajstić information content (AvgIpc) is 3.25. The van der Waals surface area contributed by atoms with Gasteiger partial charge in [-0.15, -0.1) is 0 Å². The van der Waals surface area contributed by atoms with Gasteiger partial charge >= 0.3 is 0 Å². The van der Waals surface area contributed by atoms with E-state index in [-0.39, 0.29) is 34.4 Å². The lowest BCUT2D eigenvalue weighted by Gasteiger charge is -2.58. The molecule has 0 amide bonds. The highest BCUT2D eigenvalue weighted by Gasteiger charge is 2.77. The zero-order chi connectivity index (χ0) is 16.9. The Morgan fingerprint density at radius 1 is 1.25 bits per heavy atom. The summed E-state index contributed by atoms with van der Waals surface area (Å²) in [5.41, 5.74) is 0.976. The van der Waals surface area contributed by atoms with E-state index in [1.165, 1.54) is 5.57 Å². The van der Waals surface area contributed by atoms with Gasteiger partial charge in [0.25, 0.3) is 0 Å². The normalized spacial score (nSPS) is 59.6. The average molecular weight is 328 g/mol. The fourth-order valence-corrected chi connectivity index (χ4v) is 7.30. The van der Waals surface area contributed by atoms with Crippen LogP contribution in [-0.4, -0.2) is 28.7 Å². The first-order valence-corrected chi connectivity index (χ1v) is 9.63. The van der Waals surface area contributed by atoms with Crippen LogP contribution >= 0.6 is 0 Å². The second-order valence-corrected chi connectivity index (χ2v) is 9.28. The van der Waals surface area contributed by atoms with Crippen LogP contribution in [0.15, 0.2) is 23.8 Å². The quantitative estimate of drug-likeness (QED) is 0.547. The number of ether oxygens (including phenoxy) is 1. The van der Waals surface area contributed by atoms with Gasteiger partial charge in [-0.2, -0.15) is 0 Å². The van der Waals surface area contributed by atoms with Crippen molar-refractivity contribution >= 4 is 5.78 Å². The first-order valence-electron chi connectivity index (χ1n) is 9.63. The number of ketones is 1. The van der Waals surface area contributed by atoms with E-state index in [0.717, 1.165) is 32.1 Å². The molecule has 3 nitrogen and oxygen atoms in total. The van der Waals surface area contributed by atoms with Gasteiger partial charge in [-0.25, -0.2) is 0 Å². The van der Waals surface area contributed by atoms with Gasteiger partial charge in [-0.3, -0.25) is 4.79 Å². The molecule has 3 heteroatoms. The van der Waals surface area contributed by atoms with E-state index < -0.39 is 0 Å². The van der Waals surface area contributed by atoms with Crippen molar-refractivity contribution in [2.45, 2.75) is 70.7 Å². The Balaban J connectivity index is 1.62. The van der Waals surface area contributed by atoms with Gasteiger partial charge in [0, 0.05) is 5.41 Å². The van der Waals surface area contributed by atoms with Crippen LogP contribution in [0.5, 0.6) is 0 Å². The fraction of sp³-hybridized carbons (Fsp3) is 0.762. The predicted molar refractivity (Wildman–Crippen MR) is 91.3 cm³/mol. The smallest absolute Gasteiger partial charge is 0.187 e. The molecule has 0 aromatic rings. The van der Waals surface area contributed by atoms with Gasteiger partial charge in [-0.05, 0) is 73.8 Å². The highest BCUT2D eigenvalue weighted by molar-refractivity contribution is 5.99. The lowest BCUT2D eigenvalue weighted by atomic mass is 9.45.